The van der Waals surface area contributed by atoms with E-state index in [2.05, 4.69) is 138 Å². The van der Waals surface area contributed by atoms with Crippen molar-refractivity contribution in [1.29, 1.82) is 0 Å². The molecule has 0 amide bonds. The molecule has 0 saturated heterocycles. The molecule has 6 aromatic carbocycles. The minimum absolute atomic E-state index is 0.677. The molecule has 0 unspecified atom stereocenters. The standard InChI is InChI=1S/C38H23N3S/c1-2-12-24(13-3-1)36-30-18-6-9-19-31(30)39-38(40-36)41-32-20-10-7-15-26(32)29-22-23-34-35(37(29)41)28-17-5-4-14-25(28)27-16-8-11-21-33(27)42-34/h1-23H. The van der Waals surface area contributed by atoms with Crippen LogP contribution in [0, 0.1) is 0 Å². The maximum absolute atomic E-state index is 5.33. The summed E-state index contributed by atoms with van der Waals surface area (Å²) in [5.74, 6) is 0.677. The van der Waals surface area contributed by atoms with E-state index < -0.39 is 0 Å². The first-order valence-electron chi connectivity index (χ1n) is 14.1. The van der Waals surface area contributed by atoms with Gasteiger partial charge in [-0.2, -0.15) is 0 Å². The Morgan fingerprint density at radius 1 is 0.476 bits per heavy atom. The highest BCUT2D eigenvalue weighted by molar-refractivity contribution is 7.99. The summed E-state index contributed by atoms with van der Waals surface area (Å²) in [7, 11) is 0. The Balaban J connectivity index is 1.45. The van der Waals surface area contributed by atoms with Crippen LogP contribution in [0.5, 0.6) is 0 Å². The number of hydrogen-bond donors (Lipinski definition) is 0. The van der Waals surface area contributed by atoms with Gasteiger partial charge in [0, 0.05) is 37.1 Å². The zero-order valence-electron chi connectivity index (χ0n) is 22.5. The van der Waals surface area contributed by atoms with Crippen LogP contribution in [0.2, 0.25) is 0 Å². The van der Waals surface area contributed by atoms with E-state index in [-0.39, 0.29) is 0 Å². The van der Waals surface area contributed by atoms with E-state index in [9.17, 15) is 0 Å². The fourth-order valence-corrected chi connectivity index (χ4v) is 7.52. The van der Waals surface area contributed by atoms with Crippen LogP contribution < -0.4 is 0 Å². The second kappa shape index (κ2) is 9.16. The summed E-state index contributed by atoms with van der Waals surface area (Å²) in [4.78, 5) is 13.0. The van der Waals surface area contributed by atoms with Crippen molar-refractivity contribution in [3.05, 3.63) is 140 Å². The van der Waals surface area contributed by atoms with Crippen molar-refractivity contribution in [2.75, 3.05) is 0 Å². The molecular weight excluding hydrogens is 531 g/mol. The highest BCUT2D eigenvalue weighted by Crippen LogP contribution is 2.51. The molecule has 8 aromatic rings. The average Bonchev–Trinajstić information content (AvgIpc) is 3.31. The predicted octanol–water partition coefficient (Wildman–Crippen LogP) is 10.2. The number of fused-ring (bicyclic) bond motifs is 10. The second-order valence-electron chi connectivity index (χ2n) is 10.6. The molecule has 0 atom stereocenters. The monoisotopic (exact) mass is 553 g/mol. The zero-order chi connectivity index (χ0) is 27.6. The predicted molar refractivity (Wildman–Crippen MR) is 174 cm³/mol. The van der Waals surface area contributed by atoms with E-state index >= 15 is 0 Å². The Hall–Kier alpha value is -5.19. The molecule has 0 saturated carbocycles. The summed E-state index contributed by atoms with van der Waals surface area (Å²) >= 11 is 1.84. The molecule has 2 aromatic heterocycles. The molecule has 4 heteroatoms. The van der Waals surface area contributed by atoms with Gasteiger partial charge >= 0.3 is 0 Å². The van der Waals surface area contributed by atoms with Crippen LogP contribution in [0.3, 0.4) is 0 Å². The lowest BCUT2D eigenvalue weighted by molar-refractivity contribution is 1.01. The van der Waals surface area contributed by atoms with Gasteiger partial charge in [0.25, 0.3) is 0 Å². The van der Waals surface area contributed by atoms with Gasteiger partial charge in [0.2, 0.25) is 5.95 Å². The molecule has 0 aliphatic carbocycles. The van der Waals surface area contributed by atoms with Crippen molar-refractivity contribution < 1.29 is 0 Å². The number of rotatable bonds is 2. The summed E-state index contributed by atoms with van der Waals surface area (Å²) in [6.07, 6.45) is 0. The quantitative estimate of drug-likeness (QED) is 0.213. The van der Waals surface area contributed by atoms with Crippen molar-refractivity contribution in [2.45, 2.75) is 9.79 Å². The summed E-state index contributed by atoms with van der Waals surface area (Å²) in [6, 6.07) is 49.4. The van der Waals surface area contributed by atoms with Crippen molar-refractivity contribution in [1.82, 2.24) is 14.5 Å². The van der Waals surface area contributed by atoms with Crippen LogP contribution in [0.1, 0.15) is 0 Å². The van der Waals surface area contributed by atoms with Gasteiger partial charge in [-0.05, 0) is 41.0 Å². The maximum Gasteiger partial charge on any atom is 0.235 e. The Morgan fingerprint density at radius 3 is 2.05 bits per heavy atom. The molecular formula is C38H23N3S. The molecule has 3 nitrogen and oxygen atoms in total. The highest BCUT2D eigenvalue weighted by Gasteiger charge is 2.26. The molecule has 0 fully saturated rings. The van der Waals surface area contributed by atoms with Crippen molar-refractivity contribution >= 4 is 44.5 Å². The summed E-state index contributed by atoms with van der Waals surface area (Å²) in [6.45, 7) is 0. The smallest absolute Gasteiger partial charge is 0.235 e. The summed E-state index contributed by atoms with van der Waals surface area (Å²) in [5, 5.41) is 3.43. The Kier molecular flexibility index (Phi) is 5.13. The summed E-state index contributed by atoms with van der Waals surface area (Å²) in [5.41, 5.74) is 10.1. The maximum atomic E-state index is 5.33. The third-order valence-corrected chi connectivity index (χ3v) is 9.37. The van der Waals surface area contributed by atoms with Crippen LogP contribution in [0.25, 0.3) is 72.2 Å². The minimum atomic E-state index is 0.677. The second-order valence-corrected chi connectivity index (χ2v) is 11.7. The van der Waals surface area contributed by atoms with Crippen molar-refractivity contribution in [2.24, 2.45) is 0 Å². The fourth-order valence-electron chi connectivity index (χ4n) is 6.41. The van der Waals surface area contributed by atoms with Crippen LogP contribution in [0.15, 0.2) is 149 Å². The zero-order valence-corrected chi connectivity index (χ0v) is 23.3. The number of hydrogen-bond acceptors (Lipinski definition) is 3. The van der Waals surface area contributed by atoms with Gasteiger partial charge in [0.05, 0.1) is 22.2 Å². The molecule has 0 spiro atoms. The Bertz CT molecular complexity index is 2340. The number of benzene rings is 6. The van der Waals surface area contributed by atoms with Gasteiger partial charge < -0.3 is 0 Å². The Labute approximate surface area is 247 Å². The van der Waals surface area contributed by atoms with Gasteiger partial charge in [-0.1, -0.05) is 127 Å². The largest absolute Gasteiger partial charge is 0.277 e. The number of aromatic nitrogens is 3. The van der Waals surface area contributed by atoms with E-state index in [0.717, 1.165) is 33.2 Å². The first-order valence-corrected chi connectivity index (χ1v) is 14.9. The van der Waals surface area contributed by atoms with Gasteiger partial charge in [-0.15, -0.1) is 0 Å². The Morgan fingerprint density at radius 2 is 1.17 bits per heavy atom. The molecule has 3 heterocycles. The van der Waals surface area contributed by atoms with Crippen molar-refractivity contribution in [3.8, 4) is 39.5 Å². The molecule has 9 rings (SSSR count). The number of para-hydroxylation sites is 2. The van der Waals surface area contributed by atoms with Crippen LogP contribution in [0.4, 0.5) is 0 Å². The van der Waals surface area contributed by atoms with Crippen molar-refractivity contribution in [3.63, 3.8) is 0 Å². The molecule has 0 N–H and O–H groups in total. The normalized spacial score (nSPS) is 12.2. The first kappa shape index (κ1) is 23.5. The lowest BCUT2D eigenvalue weighted by atomic mass is 9.93. The lowest BCUT2D eigenvalue weighted by Crippen LogP contribution is -2.04. The van der Waals surface area contributed by atoms with E-state index in [1.807, 2.05) is 17.8 Å². The first-order chi connectivity index (χ1) is 20.8. The topological polar surface area (TPSA) is 30.7 Å². The molecule has 196 valence electrons. The summed E-state index contributed by atoms with van der Waals surface area (Å²) < 4.78 is 2.29. The third kappa shape index (κ3) is 3.42. The van der Waals surface area contributed by atoms with Gasteiger partial charge in [0.15, 0.2) is 0 Å². The molecule has 0 radical (unpaired) electrons. The van der Waals surface area contributed by atoms with Crippen LogP contribution >= 0.6 is 11.8 Å². The van der Waals surface area contributed by atoms with Crippen LogP contribution in [-0.2, 0) is 0 Å². The molecule has 1 aliphatic heterocycles. The third-order valence-electron chi connectivity index (χ3n) is 8.23. The van der Waals surface area contributed by atoms with E-state index in [1.165, 1.54) is 42.8 Å². The highest BCUT2D eigenvalue weighted by atomic mass is 32.2. The van der Waals surface area contributed by atoms with Gasteiger partial charge in [0.1, 0.15) is 0 Å². The minimum Gasteiger partial charge on any atom is -0.277 e. The van der Waals surface area contributed by atoms with E-state index in [1.54, 1.807) is 0 Å². The average molecular weight is 554 g/mol. The molecule has 42 heavy (non-hydrogen) atoms. The van der Waals surface area contributed by atoms with E-state index in [0.29, 0.717) is 5.95 Å². The van der Waals surface area contributed by atoms with E-state index in [4.69, 9.17) is 9.97 Å². The lowest BCUT2D eigenvalue weighted by Gasteiger charge is -2.15. The molecule has 0 bridgehead atoms. The van der Waals surface area contributed by atoms with Crippen LogP contribution in [-0.4, -0.2) is 14.5 Å². The SMILES string of the molecule is c1ccc(-c2nc(-n3c4ccccc4c4ccc5c(c43)-c3ccccc3-c3ccccc3S5)nc3ccccc23)cc1. The molecule has 1 aliphatic rings. The number of nitrogens with zero attached hydrogens (tertiary/aromatic N) is 3. The van der Waals surface area contributed by atoms with Gasteiger partial charge in [-0.3, -0.25) is 4.57 Å². The van der Waals surface area contributed by atoms with Gasteiger partial charge in [-0.25, -0.2) is 9.97 Å². The fraction of sp³-hybridized carbons (Fsp3) is 0.